The zero-order chi connectivity index (χ0) is 21.1. The molecule has 2 saturated heterocycles. The standard InChI is InChI=1S/C21H28N4O5/c1-13(26)23-18-17-10-15(24-14-5-8-29-9-6-14)11-22-20(17)25(19(18)21(27)28-2)12-16-4-3-7-30-16/h10-11,14,16,24H,3-9,12H2,1-2H3,(H,23,26)/t16-/m0/s1. The average molecular weight is 416 g/mol. The van der Waals surface area contributed by atoms with Gasteiger partial charge in [0.25, 0.3) is 0 Å². The molecule has 2 fully saturated rings. The molecule has 0 unspecified atom stereocenters. The molecule has 0 aliphatic carbocycles. The maximum Gasteiger partial charge on any atom is 0.356 e. The minimum Gasteiger partial charge on any atom is -0.464 e. The first kappa shape index (κ1) is 20.6. The highest BCUT2D eigenvalue weighted by molar-refractivity contribution is 6.10. The second-order valence-corrected chi connectivity index (χ2v) is 7.77. The van der Waals surface area contributed by atoms with Crippen LogP contribution in [-0.2, 0) is 25.5 Å². The summed E-state index contributed by atoms with van der Waals surface area (Å²) < 4.78 is 18.0. The van der Waals surface area contributed by atoms with E-state index in [1.165, 1.54) is 14.0 Å². The largest absolute Gasteiger partial charge is 0.464 e. The van der Waals surface area contributed by atoms with E-state index in [-0.39, 0.29) is 17.7 Å². The Morgan fingerprint density at radius 2 is 2.07 bits per heavy atom. The molecule has 1 atom stereocenters. The number of rotatable bonds is 6. The van der Waals surface area contributed by atoms with E-state index >= 15 is 0 Å². The van der Waals surface area contributed by atoms with Gasteiger partial charge in [0.05, 0.1) is 37.3 Å². The molecule has 2 aliphatic heterocycles. The monoisotopic (exact) mass is 416 g/mol. The van der Waals surface area contributed by atoms with Crippen LogP contribution in [-0.4, -0.2) is 60.5 Å². The lowest BCUT2D eigenvalue weighted by Crippen LogP contribution is -2.27. The van der Waals surface area contributed by atoms with Crippen molar-refractivity contribution in [2.45, 2.75) is 51.3 Å². The van der Waals surface area contributed by atoms with E-state index in [0.717, 1.165) is 44.6 Å². The summed E-state index contributed by atoms with van der Waals surface area (Å²) in [6.07, 6.45) is 5.51. The number of amides is 1. The van der Waals surface area contributed by atoms with Gasteiger partial charge in [-0.3, -0.25) is 4.79 Å². The lowest BCUT2D eigenvalue weighted by atomic mass is 10.1. The summed E-state index contributed by atoms with van der Waals surface area (Å²) in [5.41, 5.74) is 2.17. The lowest BCUT2D eigenvalue weighted by Gasteiger charge is -2.24. The molecule has 9 heteroatoms. The van der Waals surface area contributed by atoms with Gasteiger partial charge >= 0.3 is 5.97 Å². The summed E-state index contributed by atoms with van der Waals surface area (Å²) in [5.74, 6) is -0.784. The van der Waals surface area contributed by atoms with Crippen LogP contribution in [0.5, 0.6) is 0 Å². The number of aromatic nitrogens is 2. The number of hydrogen-bond acceptors (Lipinski definition) is 7. The highest BCUT2D eigenvalue weighted by Crippen LogP contribution is 2.34. The van der Waals surface area contributed by atoms with Gasteiger partial charge < -0.3 is 29.4 Å². The second kappa shape index (κ2) is 9.01. The van der Waals surface area contributed by atoms with E-state index in [1.807, 2.05) is 6.07 Å². The number of ether oxygens (including phenoxy) is 3. The topological polar surface area (TPSA) is 104 Å². The highest BCUT2D eigenvalue weighted by atomic mass is 16.5. The summed E-state index contributed by atoms with van der Waals surface area (Å²) in [7, 11) is 1.33. The van der Waals surface area contributed by atoms with Crippen molar-refractivity contribution in [1.82, 2.24) is 9.55 Å². The number of methoxy groups -OCH3 is 1. The summed E-state index contributed by atoms with van der Waals surface area (Å²) in [4.78, 5) is 29.3. The fraction of sp³-hybridized carbons (Fsp3) is 0.571. The number of anilines is 2. The second-order valence-electron chi connectivity index (χ2n) is 7.77. The molecule has 0 saturated carbocycles. The minimum atomic E-state index is -0.520. The van der Waals surface area contributed by atoms with Gasteiger partial charge in [0.1, 0.15) is 5.65 Å². The zero-order valence-corrected chi connectivity index (χ0v) is 17.4. The Balaban J connectivity index is 1.78. The third-order valence-corrected chi connectivity index (χ3v) is 5.58. The number of fused-ring (bicyclic) bond motifs is 1. The Bertz CT molecular complexity index is 929. The van der Waals surface area contributed by atoms with Crippen LogP contribution in [0.2, 0.25) is 0 Å². The van der Waals surface area contributed by atoms with Crippen LogP contribution >= 0.6 is 0 Å². The Labute approximate surface area is 175 Å². The summed E-state index contributed by atoms with van der Waals surface area (Å²) in [6, 6.07) is 2.23. The van der Waals surface area contributed by atoms with Crippen molar-refractivity contribution in [3.8, 4) is 0 Å². The smallest absolute Gasteiger partial charge is 0.356 e. The molecule has 2 aromatic heterocycles. The van der Waals surface area contributed by atoms with E-state index in [1.54, 1.807) is 10.8 Å². The number of pyridine rings is 1. The first-order chi connectivity index (χ1) is 14.6. The van der Waals surface area contributed by atoms with Crippen molar-refractivity contribution in [3.05, 3.63) is 18.0 Å². The van der Waals surface area contributed by atoms with Crippen LogP contribution in [0.4, 0.5) is 11.4 Å². The predicted molar refractivity (Wildman–Crippen MR) is 112 cm³/mol. The van der Waals surface area contributed by atoms with Crippen molar-refractivity contribution in [3.63, 3.8) is 0 Å². The third kappa shape index (κ3) is 4.27. The molecule has 2 N–H and O–H groups in total. The first-order valence-electron chi connectivity index (χ1n) is 10.4. The molecule has 0 spiro atoms. The molecule has 9 nitrogen and oxygen atoms in total. The molecular weight excluding hydrogens is 388 g/mol. The van der Waals surface area contributed by atoms with Crippen LogP contribution in [0.25, 0.3) is 11.0 Å². The summed E-state index contributed by atoms with van der Waals surface area (Å²) >= 11 is 0. The van der Waals surface area contributed by atoms with Crippen molar-refractivity contribution < 1.29 is 23.8 Å². The van der Waals surface area contributed by atoms with Gasteiger partial charge in [0.15, 0.2) is 5.69 Å². The summed E-state index contributed by atoms with van der Waals surface area (Å²) in [6.45, 7) is 4.06. The van der Waals surface area contributed by atoms with Gasteiger partial charge in [-0.05, 0) is 31.7 Å². The zero-order valence-electron chi connectivity index (χ0n) is 17.4. The maximum atomic E-state index is 12.7. The number of nitrogens with zero attached hydrogens (tertiary/aromatic N) is 2. The Kier molecular flexibility index (Phi) is 6.19. The number of nitrogens with one attached hydrogen (secondary N) is 2. The van der Waals surface area contributed by atoms with Crippen LogP contribution in [0.15, 0.2) is 12.3 Å². The van der Waals surface area contributed by atoms with Gasteiger partial charge in [-0.2, -0.15) is 0 Å². The van der Waals surface area contributed by atoms with E-state index in [9.17, 15) is 9.59 Å². The van der Waals surface area contributed by atoms with Gasteiger partial charge in [-0.25, -0.2) is 9.78 Å². The molecule has 2 aromatic rings. The number of esters is 1. The Hall–Kier alpha value is -2.65. The van der Waals surface area contributed by atoms with Crippen LogP contribution in [0.3, 0.4) is 0 Å². The normalized spacial score (nSPS) is 19.7. The van der Waals surface area contributed by atoms with E-state index < -0.39 is 5.97 Å². The predicted octanol–water partition coefficient (Wildman–Crippen LogP) is 2.55. The lowest BCUT2D eigenvalue weighted by molar-refractivity contribution is -0.114. The van der Waals surface area contributed by atoms with Crippen molar-refractivity contribution >= 4 is 34.3 Å². The molecule has 2 aliphatic rings. The number of hydrogen-bond donors (Lipinski definition) is 2. The van der Waals surface area contributed by atoms with Gasteiger partial charge in [-0.1, -0.05) is 0 Å². The van der Waals surface area contributed by atoms with E-state index in [0.29, 0.717) is 35.9 Å². The van der Waals surface area contributed by atoms with Crippen molar-refractivity contribution in [1.29, 1.82) is 0 Å². The van der Waals surface area contributed by atoms with Crippen LogP contribution < -0.4 is 10.6 Å². The average Bonchev–Trinajstić information content (AvgIpc) is 3.35. The Morgan fingerprint density at radius 3 is 2.73 bits per heavy atom. The molecule has 1 amide bonds. The fourth-order valence-electron chi connectivity index (χ4n) is 4.16. The Morgan fingerprint density at radius 1 is 1.27 bits per heavy atom. The number of carbonyl (C=O) groups is 2. The fourth-order valence-corrected chi connectivity index (χ4v) is 4.16. The van der Waals surface area contributed by atoms with Gasteiger partial charge in [0.2, 0.25) is 5.91 Å². The van der Waals surface area contributed by atoms with Crippen molar-refractivity contribution in [2.24, 2.45) is 0 Å². The molecular formula is C21H28N4O5. The van der Waals surface area contributed by atoms with Gasteiger partial charge in [-0.15, -0.1) is 0 Å². The molecule has 0 bridgehead atoms. The molecule has 4 heterocycles. The minimum absolute atomic E-state index is 0.00368. The first-order valence-corrected chi connectivity index (χ1v) is 10.4. The molecule has 4 rings (SSSR count). The molecule has 0 aromatic carbocycles. The highest BCUT2D eigenvalue weighted by Gasteiger charge is 2.28. The summed E-state index contributed by atoms with van der Waals surface area (Å²) in [5, 5.41) is 7.01. The van der Waals surface area contributed by atoms with E-state index in [4.69, 9.17) is 14.2 Å². The molecule has 30 heavy (non-hydrogen) atoms. The molecule has 0 radical (unpaired) electrons. The van der Waals surface area contributed by atoms with Crippen LogP contribution in [0.1, 0.15) is 43.1 Å². The molecule has 162 valence electrons. The third-order valence-electron chi connectivity index (χ3n) is 5.58. The quantitative estimate of drug-likeness (QED) is 0.698. The number of carbonyl (C=O) groups excluding carboxylic acids is 2. The van der Waals surface area contributed by atoms with E-state index in [2.05, 4.69) is 15.6 Å². The van der Waals surface area contributed by atoms with Crippen LogP contribution in [0, 0.1) is 0 Å². The van der Waals surface area contributed by atoms with Crippen molar-refractivity contribution in [2.75, 3.05) is 37.6 Å². The van der Waals surface area contributed by atoms with Gasteiger partial charge in [0, 0.05) is 38.2 Å². The maximum absolute atomic E-state index is 12.7. The SMILES string of the molecule is COC(=O)c1c(NC(C)=O)c2cc(NC3CCOCC3)cnc2n1C[C@@H]1CCCO1.